The lowest BCUT2D eigenvalue weighted by Gasteiger charge is -2.09. The first-order valence-electron chi connectivity index (χ1n) is 5.62. The molecule has 0 bridgehead atoms. The highest BCUT2D eigenvalue weighted by atomic mass is 32.2. The van der Waals surface area contributed by atoms with Crippen LogP contribution >= 0.6 is 0 Å². The Morgan fingerprint density at radius 1 is 1.35 bits per heavy atom. The average Bonchev–Trinajstić information content (AvgIpc) is 2.37. The molecule has 110 valence electrons. The second kappa shape index (κ2) is 6.58. The molecule has 20 heavy (non-hydrogen) atoms. The number of sulfonamides is 1. The molecule has 0 saturated carbocycles. The van der Waals surface area contributed by atoms with Crippen molar-refractivity contribution in [2.45, 2.75) is 11.8 Å². The lowest BCUT2D eigenvalue weighted by Crippen LogP contribution is -2.35. The number of benzene rings is 1. The fraction of sp³-hybridized carbons (Fsp3) is 0.250. The number of hydrogen-bond acceptors (Lipinski definition) is 3. The molecule has 0 heterocycles. The first-order chi connectivity index (χ1) is 9.24. The number of carbonyl (C=O) groups excluding carboxylic acids is 1. The summed E-state index contributed by atoms with van der Waals surface area (Å²) in [5, 5.41) is 2.10. The molecule has 1 amide bonds. The number of nitrogens with one attached hydrogen (secondary N) is 2. The molecule has 0 atom stereocenters. The number of amides is 1. The van der Waals surface area contributed by atoms with Crippen LogP contribution in [-0.4, -0.2) is 27.4 Å². The van der Waals surface area contributed by atoms with Crippen LogP contribution in [0.5, 0.6) is 0 Å². The van der Waals surface area contributed by atoms with E-state index in [1.165, 1.54) is 12.1 Å². The van der Waals surface area contributed by atoms with Gasteiger partial charge in [0.15, 0.2) is 5.83 Å². The third-order valence-corrected chi connectivity index (χ3v) is 3.80. The SMILES string of the molecule is C=C(F)C(=O)NCCNS(=O)(=O)c1cc(C)ccc1F. The van der Waals surface area contributed by atoms with Gasteiger partial charge in [0, 0.05) is 13.1 Å². The molecular weight excluding hydrogens is 290 g/mol. The number of halogens is 2. The van der Waals surface area contributed by atoms with Gasteiger partial charge in [-0.25, -0.2) is 21.9 Å². The highest BCUT2D eigenvalue weighted by Crippen LogP contribution is 2.15. The minimum Gasteiger partial charge on any atom is -0.349 e. The Bertz CT molecular complexity index is 630. The first-order valence-corrected chi connectivity index (χ1v) is 7.11. The van der Waals surface area contributed by atoms with Crippen LogP contribution in [0, 0.1) is 12.7 Å². The summed E-state index contributed by atoms with van der Waals surface area (Å²) < 4.78 is 51.5. The molecule has 2 N–H and O–H groups in total. The van der Waals surface area contributed by atoms with E-state index < -0.39 is 32.5 Å². The molecule has 1 rings (SSSR count). The highest BCUT2D eigenvalue weighted by Gasteiger charge is 2.18. The van der Waals surface area contributed by atoms with Gasteiger partial charge in [-0.2, -0.15) is 0 Å². The van der Waals surface area contributed by atoms with Crippen molar-refractivity contribution in [3.8, 4) is 0 Å². The van der Waals surface area contributed by atoms with Gasteiger partial charge < -0.3 is 5.32 Å². The molecule has 5 nitrogen and oxygen atoms in total. The summed E-state index contributed by atoms with van der Waals surface area (Å²) in [6.07, 6.45) is 0. The summed E-state index contributed by atoms with van der Waals surface area (Å²) in [4.78, 5) is 10.3. The van der Waals surface area contributed by atoms with Gasteiger partial charge in [0.05, 0.1) is 0 Å². The second-order valence-electron chi connectivity index (χ2n) is 3.99. The smallest absolute Gasteiger partial charge is 0.279 e. The van der Waals surface area contributed by atoms with Crippen LogP contribution in [0.4, 0.5) is 8.78 Å². The van der Waals surface area contributed by atoms with Gasteiger partial charge in [0.1, 0.15) is 10.7 Å². The maximum atomic E-state index is 13.5. The summed E-state index contributed by atoms with van der Waals surface area (Å²) in [5.41, 5.74) is 0.591. The molecule has 0 aliphatic rings. The summed E-state index contributed by atoms with van der Waals surface area (Å²) >= 11 is 0. The van der Waals surface area contributed by atoms with Crippen LogP contribution in [0.15, 0.2) is 35.5 Å². The maximum Gasteiger partial charge on any atom is 0.279 e. The summed E-state index contributed by atoms with van der Waals surface area (Å²) in [5.74, 6) is -3.06. The minimum atomic E-state index is -4.02. The van der Waals surface area contributed by atoms with E-state index in [2.05, 4.69) is 16.6 Å². The lowest BCUT2D eigenvalue weighted by molar-refractivity contribution is -0.118. The fourth-order valence-electron chi connectivity index (χ4n) is 1.35. The van der Waals surface area contributed by atoms with Crippen LogP contribution in [0.1, 0.15) is 5.56 Å². The van der Waals surface area contributed by atoms with E-state index >= 15 is 0 Å². The number of aryl methyl sites for hydroxylation is 1. The molecule has 0 radical (unpaired) electrons. The van der Waals surface area contributed by atoms with Gasteiger partial charge in [0.2, 0.25) is 10.0 Å². The van der Waals surface area contributed by atoms with E-state index in [0.29, 0.717) is 5.56 Å². The van der Waals surface area contributed by atoms with Gasteiger partial charge in [-0.1, -0.05) is 12.6 Å². The first kappa shape index (κ1) is 16.3. The molecule has 0 aliphatic heterocycles. The van der Waals surface area contributed by atoms with E-state index in [1.54, 1.807) is 6.92 Å². The van der Waals surface area contributed by atoms with E-state index in [-0.39, 0.29) is 13.1 Å². The number of rotatable bonds is 6. The van der Waals surface area contributed by atoms with Crippen LogP contribution in [-0.2, 0) is 14.8 Å². The van der Waals surface area contributed by atoms with E-state index in [1.807, 2.05) is 0 Å². The molecule has 1 aromatic rings. The monoisotopic (exact) mass is 304 g/mol. The Hall–Kier alpha value is -1.80. The van der Waals surface area contributed by atoms with Crippen molar-refractivity contribution in [1.82, 2.24) is 10.0 Å². The van der Waals surface area contributed by atoms with Crippen LogP contribution in [0.2, 0.25) is 0 Å². The van der Waals surface area contributed by atoms with Crippen molar-refractivity contribution in [3.63, 3.8) is 0 Å². The van der Waals surface area contributed by atoms with Gasteiger partial charge >= 0.3 is 0 Å². The molecule has 0 saturated heterocycles. The van der Waals surface area contributed by atoms with Crippen LogP contribution in [0.3, 0.4) is 0 Å². The predicted octanol–water partition coefficient (Wildman–Crippen LogP) is 1.01. The predicted molar refractivity (Wildman–Crippen MR) is 69.6 cm³/mol. The third kappa shape index (κ3) is 4.39. The van der Waals surface area contributed by atoms with Gasteiger partial charge in [0.25, 0.3) is 5.91 Å². The summed E-state index contributed by atoms with van der Waals surface area (Å²) in [6.45, 7) is 4.07. The number of carbonyl (C=O) groups is 1. The van der Waals surface area contributed by atoms with Crippen molar-refractivity contribution in [1.29, 1.82) is 0 Å². The maximum absolute atomic E-state index is 13.5. The molecular formula is C12H14F2N2O3S. The van der Waals surface area contributed by atoms with Gasteiger partial charge in [-0.05, 0) is 24.6 Å². The van der Waals surface area contributed by atoms with Crippen LogP contribution < -0.4 is 10.0 Å². The topological polar surface area (TPSA) is 75.3 Å². The molecule has 8 heteroatoms. The normalized spacial score (nSPS) is 11.2. The van der Waals surface area contributed by atoms with Crippen molar-refractivity contribution in [3.05, 3.63) is 42.0 Å². The Morgan fingerprint density at radius 2 is 2.00 bits per heavy atom. The zero-order chi connectivity index (χ0) is 15.3. The van der Waals surface area contributed by atoms with Crippen LogP contribution in [0.25, 0.3) is 0 Å². The fourth-order valence-corrected chi connectivity index (χ4v) is 2.54. The Labute approximate surface area is 115 Å². The lowest BCUT2D eigenvalue weighted by atomic mass is 10.2. The minimum absolute atomic E-state index is 0.144. The molecule has 0 aliphatic carbocycles. The zero-order valence-electron chi connectivity index (χ0n) is 10.7. The molecule has 0 aromatic heterocycles. The van der Waals surface area contributed by atoms with E-state index in [0.717, 1.165) is 6.07 Å². The van der Waals surface area contributed by atoms with Crippen molar-refractivity contribution < 1.29 is 22.0 Å². The van der Waals surface area contributed by atoms with Gasteiger partial charge in [-0.3, -0.25) is 4.79 Å². The summed E-state index contributed by atoms with van der Waals surface area (Å²) in [7, 11) is -4.02. The van der Waals surface area contributed by atoms with Crippen molar-refractivity contribution in [2.75, 3.05) is 13.1 Å². The van der Waals surface area contributed by atoms with Crippen molar-refractivity contribution >= 4 is 15.9 Å². The second-order valence-corrected chi connectivity index (χ2v) is 5.73. The largest absolute Gasteiger partial charge is 0.349 e. The summed E-state index contributed by atoms with van der Waals surface area (Å²) in [6, 6.07) is 3.69. The Balaban J connectivity index is 2.65. The average molecular weight is 304 g/mol. The van der Waals surface area contributed by atoms with Crippen molar-refractivity contribution in [2.24, 2.45) is 0 Å². The van der Waals surface area contributed by atoms with E-state index in [4.69, 9.17) is 0 Å². The third-order valence-electron chi connectivity index (χ3n) is 2.33. The molecule has 0 unspecified atom stereocenters. The molecule has 0 spiro atoms. The number of hydrogen-bond donors (Lipinski definition) is 2. The standard InChI is InChI=1S/C12H14F2N2O3S/c1-8-3-4-10(14)11(7-8)20(18,19)16-6-5-15-12(17)9(2)13/h3-4,7,16H,2,5-6H2,1H3,(H,15,17). The highest BCUT2D eigenvalue weighted by molar-refractivity contribution is 7.89. The Kier molecular flexibility index (Phi) is 5.34. The quantitative estimate of drug-likeness (QED) is 0.608. The zero-order valence-corrected chi connectivity index (χ0v) is 11.6. The van der Waals surface area contributed by atoms with Gasteiger partial charge in [-0.15, -0.1) is 0 Å². The molecule has 0 fully saturated rings. The molecule has 1 aromatic carbocycles. The Morgan fingerprint density at radius 3 is 2.60 bits per heavy atom. The van der Waals surface area contributed by atoms with E-state index in [9.17, 15) is 22.0 Å².